The van der Waals surface area contributed by atoms with Crippen LogP contribution in [0, 0.1) is 19.8 Å². The monoisotopic (exact) mass is 457 g/mol. The Labute approximate surface area is 192 Å². The van der Waals surface area contributed by atoms with E-state index < -0.39 is 10.0 Å². The van der Waals surface area contributed by atoms with Crippen LogP contribution in [0.3, 0.4) is 0 Å². The van der Waals surface area contributed by atoms with Crippen molar-refractivity contribution >= 4 is 21.6 Å². The average molecular weight is 458 g/mol. The molecule has 0 unspecified atom stereocenters. The second-order valence-corrected chi connectivity index (χ2v) is 10.4. The van der Waals surface area contributed by atoms with Gasteiger partial charge in [-0.3, -0.25) is 4.79 Å². The van der Waals surface area contributed by atoms with Crippen LogP contribution in [0.1, 0.15) is 37.3 Å². The first-order valence-corrected chi connectivity index (χ1v) is 12.9. The summed E-state index contributed by atoms with van der Waals surface area (Å²) in [6.45, 7) is 9.11. The Kier molecular flexibility index (Phi) is 8.32. The van der Waals surface area contributed by atoms with E-state index in [2.05, 4.69) is 29.3 Å². The van der Waals surface area contributed by atoms with Gasteiger partial charge in [0.25, 0.3) is 0 Å². The molecule has 0 radical (unpaired) electrons. The number of piperidine rings is 1. The predicted molar refractivity (Wildman–Crippen MR) is 129 cm³/mol. The molecule has 0 atom stereocenters. The third-order valence-corrected chi connectivity index (χ3v) is 8.24. The highest BCUT2D eigenvalue weighted by Gasteiger charge is 2.32. The van der Waals surface area contributed by atoms with Crippen molar-refractivity contribution in [3.63, 3.8) is 0 Å². The van der Waals surface area contributed by atoms with Gasteiger partial charge < -0.3 is 10.2 Å². The molecule has 0 spiro atoms. The Morgan fingerprint density at radius 3 is 2.41 bits per heavy atom. The van der Waals surface area contributed by atoms with Crippen molar-refractivity contribution in [2.24, 2.45) is 5.92 Å². The largest absolute Gasteiger partial charge is 0.372 e. The zero-order valence-electron chi connectivity index (χ0n) is 19.4. The highest BCUT2D eigenvalue weighted by Crippen LogP contribution is 2.26. The number of hydrogen-bond donors (Lipinski definition) is 1. The van der Waals surface area contributed by atoms with Crippen LogP contribution in [0.2, 0.25) is 0 Å². The van der Waals surface area contributed by atoms with E-state index in [9.17, 15) is 13.2 Å². The van der Waals surface area contributed by atoms with E-state index in [4.69, 9.17) is 0 Å². The van der Waals surface area contributed by atoms with Gasteiger partial charge in [0, 0.05) is 44.3 Å². The SMILES string of the molecule is CCN(CCCNC(=O)C1CCN(S(=O)(=O)c2ccc(C)cc2C)CC1)c1ccccc1. The summed E-state index contributed by atoms with van der Waals surface area (Å²) < 4.78 is 27.6. The van der Waals surface area contributed by atoms with Gasteiger partial charge in [-0.25, -0.2) is 8.42 Å². The summed E-state index contributed by atoms with van der Waals surface area (Å²) in [5.74, 6) is -0.0895. The number of sulfonamides is 1. The van der Waals surface area contributed by atoms with Crippen molar-refractivity contribution in [3.05, 3.63) is 59.7 Å². The number of para-hydroxylation sites is 1. The molecule has 1 aliphatic heterocycles. The minimum Gasteiger partial charge on any atom is -0.372 e. The number of carbonyl (C=O) groups is 1. The Morgan fingerprint density at radius 1 is 1.09 bits per heavy atom. The first-order chi connectivity index (χ1) is 15.3. The quantitative estimate of drug-likeness (QED) is 0.583. The van der Waals surface area contributed by atoms with Gasteiger partial charge in [-0.15, -0.1) is 0 Å². The number of rotatable bonds is 9. The number of hydrogen-bond acceptors (Lipinski definition) is 4. The summed E-state index contributed by atoms with van der Waals surface area (Å²) in [6.07, 6.45) is 1.98. The van der Waals surface area contributed by atoms with Gasteiger partial charge in [0.1, 0.15) is 0 Å². The number of amides is 1. The number of carbonyl (C=O) groups excluding carboxylic acids is 1. The van der Waals surface area contributed by atoms with Crippen LogP contribution in [0.4, 0.5) is 5.69 Å². The highest BCUT2D eigenvalue weighted by atomic mass is 32.2. The van der Waals surface area contributed by atoms with Crippen molar-refractivity contribution in [3.8, 4) is 0 Å². The lowest BCUT2D eigenvalue weighted by atomic mass is 9.97. The van der Waals surface area contributed by atoms with E-state index in [0.29, 0.717) is 37.4 Å². The van der Waals surface area contributed by atoms with Crippen LogP contribution < -0.4 is 10.2 Å². The standard InChI is InChI=1S/C25H35N3O3S/c1-4-27(23-9-6-5-7-10-23)16-8-15-26-25(29)22-13-17-28(18-14-22)32(30,31)24-12-11-20(2)19-21(24)3/h5-7,9-12,19,22H,4,8,13-18H2,1-3H3,(H,26,29). The summed E-state index contributed by atoms with van der Waals surface area (Å²) >= 11 is 0. The molecule has 2 aromatic rings. The number of nitrogens with zero attached hydrogens (tertiary/aromatic N) is 2. The van der Waals surface area contributed by atoms with Crippen molar-refractivity contribution in [2.75, 3.05) is 37.6 Å². The normalized spacial score (nSPS) is 15.5. The molecule has 1 aliphatic rings. The molecular weight excluding hydrogens is 422 g/mol. The van der Waals surface area contributed by atoms with E-state index in [1.807, 2.05) is 44.2 Å². The first-order valence-electron chi connectivity index (χ1n) is 11.5. The minimum absolute atomic E-state index is 0.0383. The molecule has 3 rings (SSSR count). The topological polar surface area (TPSA) is 69.7 Å². The van der Waals surface area contributed by atoms with E-state index in [0.717, 1.165) is 30.6 Å². The van der Waals surface area contributed by atoms with Crippen LogP contribution in [0.15, 0.2) is 53.4 Å². The minimum atomic E-state index is -3.52. The maximum absolute atomic E-state index is 13.0. The van der Waals surface area contributed by atoms with Crippen molar-refractivity contribution in [1.29, 1.82) is 0 Å². The van der Waals surface area contributed by atoms with Gasteiger partial charge in [0.15, 0.2) is 0 Å². The van der Waals surface area contributed by atoms with E-state index >= 15 is 0 Å². The Morgan fingerprint density at radius 2 is 1.78 bits per heavy atom. The fourth-order valence-electron chi connectivity index (χ4n) is 4.32. The number of anilines is 1. The molecule has 1 amide bonds. The molecule has 6 nitrogen and oxygen atoms in total. The molecule has 0 aliphatic carbocycles. The molecule has 1 fully saturated rings. The van der Waals surface area contributed by atoms with Crippen LogP contribution in [-0.2, 0) is 14.8 Å². The molecular formula is C25H35N3O3S. The average Bonchev–Trinajstić information content (AvgIpc) is 2.79. The van der Waals surface area contributed by atoms with Gasteiger partial charge in [-0.1, -0.05) is 35.9 Å². The van der Waals surface area contributed by atoms with E-state index in [-0.39, 0.29) is 11.8 Å². The Hall–Kier alpha value is -2.38. The summed E-state index contributed by atoms with van der Waals surface area (Å²) in [5, 5.41) is 3.05. The Balaban J connectivity index is 1.45. The fourth-order valence-corrected chi connectivity index (χ4v) is 6.00. The second-order valence-electron chi connectivity index (χ2n) is 8.51. The van der Waals surface area contributed by atoms with Gasteiger partial charge >= 0.3 is 0 Å². The van der Waals surface area contributed by atoms with Crippen LogP contribution in [0.25, 0.3) is 0 Å². The molecule has 174 valence electrons. The number of benzene rings is 2. The molecule has 1 saturated heterocycles. The zero-order chi connectivity index (χ0) is 23.1. The van der Waals surface area contributed by atoms with Crippen LogP contribution >= 0.6 is 0 Å². The molecule has 0 saturated carbocycles. The lowest BCUT2D eigenvalue weighted by Crippen LogP contribution is -2.43. The lowest BCUT2D eigenvalue weighted by molar-refractivity contribution is -0.126. The summed E-state index contributed by atoms with van der Waals surface area (Å²) in [6, 6.07) is 15.7. The van der Waals surface area contributed by atoms with Crippen LogP contribution in [-0.4, -0.2) is 51.4 Å². The zero-order valence-corrected chi connectivity index (χ0v) is 20.2. The van der Waals surface area contributed by atoms with Gasteiger partial charge in [0.2, 0.25) is 15.9 Å². The maximum Gasteiger partial charge on any atom is 0.243 e. The Bertz CT molecular complexity index is 1000. The third-order valence-electron chi connectivity index (χ3n) is 6.18. The van der Waals surface area contributed by atoms with Crippen molar-refractivity contribution in [2.45, 2.75) is 44.9 Å². The first kappa shape index (κ1) is 24.3. The molecule has 1 heterocycles. The van der Waals surface area contributed by atoms with Crippen LogP contribution in [0.5, 0.6) is 0 Å². The molecule has 1 N–H and O–H groups in total. The third kappa shape index (κ3) is 5.90. The van der Waals surface area contributed by atoms with Gasteiger partial charge in [0.05, 0.1) is 4.90 Å². The lowest BCUT2D eigenvalue weighted by Gasteiger charge is -2.31. The molecule has 32 heavy (non-hydrogen) atoms. The van der Waals surface area contributed by atoms with E-state index in [1.165, 1.54) is 9.99 Å². The maximum atomic E-state index is 13.0. The van der Waals surface area contributed by atoms with Gasteiger partial charge in [-0.05, 0) is 63.8 Å². The number of nitrogens with one attached hydrogen (secondary N) is 1. The second kappa shape index (κ2) is 11.0. The summed E-state index contributed by atoms with van der Waals surface area (Å²) in [7, 11) is -3.52. The summed E-state index contributed by atoms with van der Waals surface area (Å²) in [5.41, 5.74) is 3.00. The molecule has 0 aromatic heterocycles. The fraction of sp³-hybridized carbons (Fsp3) is 0.480. The van der Waals surface area contributed by atoms with Crippen molar-refractivity contribution < 1.29 is 13.2 Å². The highest BCUT2D eigenvalue weighted by molar-refractivity contribution is 7.89. The smallest absolute Gasteiger partial charge is 0.243 e. The molecule has 0 bridgehead atoms. The molecule has 7 heteroatoms. The number of aryl methyl sites for hydroxylation is 2. The van der Waals surface area contributed by atoms with Crippen molar-refractivity contribution in [1.82, 2.24) is 9.62 Å². The van der Waals surface area contributed by atoms with E-state index in [1.54, 1.807) is 6.07 Å². The van der Waals surface area contributed by atoms with Gasteiger partial charge in [-0.2, -0.15) is 4.31 Å². The molecule has 2 aromatic carbocycles. The predicted octanol–water partition coefficient (Wildman–Crippen LogP) is 3.74. The summed E-state index contributed by atoms with van der Waals surface area (Å²) in [4.78, 5) is 15.3.